The second-order valence-corrected chi connectivity index (χ2v) is 6.67. The minimum absolute atomic E-state index is 0.00928. The van der Waals surface area contributed by atoms with Gasteiger partial charge in [0.2, 0.25) is 5.91 Å². The van der Waals surface area contributed by atoms with Crippen molar-refractivity contribution in [3.05, 3.63) is 71.3 Å². The number of nitrogens with zero attached hydrogens (tertiary/aromatic N) is 1. The Bertz CT molecular complexity index is 709. The summed E-state index contributed by atoms with van der Waals surface area (Å²) in [6.07, 6.45) is 1.39. The fourth-order valence-corrected chi connectivity index (χ4v) is 2.87. The van der Waals surface area contributed by atoms with E-state index in [0.717, 1.165) is 12.0 Å². The molecule has 2 rings (SSSR count). The summed E-state index contributed by atoms with van der Waals surface area (Å²) in [6, 6.07) is 17.8. The van der Waals surface area contributed by atoms with Crippen molar-refractivity contribution in [3.8, 4) is 0 Å². The van der Waals surface area contributed by atoms with Gasteiger partial charge in [-0.3, -0.25) is 9.59 Å². The van der Waals surface area contributed by atoms with Crippen LogP contribution in [0.3, 0.4) is 0 Å². The highest BCUT2D eigenvalue weighted by molar-refractivity contribution is 5.97. The Labute approximate surface area is 156 Å². The number of hydrogen-bond donors (Lipinski definition) is 1. The number of rotatable bonds is 9. The minimum atomic E-state index is -0.0914. The average molecular weight is 352 g/mol. The Morgan fingerprint density at radius 1 is 0.962 bits per heavy atom. The molecule has 2 aromatic rings. The molecule has 0 saturated carbocycles. The first-order chi connectivity index (χ1) is 12.5. The molecular formula is C22H28N2O2. The van der Waals surface area contributed by atoms with Crippen LogP contribution in [0.5, 0.6) is 0 Å². The van der Waals surface area contributed by atoms with E-state index in [1.165, 1.54) is 5.56 Å². The summed E-state index contributed by atoms with van der Waals surface area (Å²) in [4.78, 5) is 26.5. The average Bonchev–Trinajstić information content (AvgIpc) is 2.67. The molecule has 1 atom stereocenters. The van der Waals surface area contributed by atoms with E-state index in [2.05, 4.69) is 29.3 Å². The summed E-state index contributed by atoms with van der Waals surface area (Å²) in [6.45, 7) is 2.60. The zero-order chi connectivity index (χ0) is 18.9. The Balaban J connectivity index is 1.83. The number of benzene rings is 2. The van der Waals surface area contributed by atoms with Crippen LogP contribution in [-0.2, 0) is 11.2 Å². The first-order valence-corrected chi connectivity index (χ1v) is 9.11. The number of hydrogen-bond acceptors (Lipinski definition) is 3. The number of ketones is 1. The van der Waals surface area contributed by atoms with E-state index in [9.17, 15) is 9.59 Å². The van der Waals surface area contributed by atoms with Gasteiger partial charge in [0.1, 0.15) is 0 Å². The Kier molecular flexibility index (Phi) is 7.54. The summed E-state index contributed by atoms with van der Waals surface area (Å²) in [5.41, 5.74) is 3.03. The number of carbonyl (C=O) groups excluding carboxylic acids is 2. The van der Waals surface area contributed by atoms with E-state index in [0.29, 0.717) is 12.1 Å². The molecule has 0 spiro atoms. The largest absolute Gasteiger partial charge is 0.354 e. The molecule has 0 heterocycles. The lowest BCUT2D eigenvalue weighted by Gasteiger charge is -2.25. The highest BCUT2D eigenvalue weighted by atomic mass is 16.2. The molecule has 1 amide bonds. The topological polar surface area (TPSA) is 49.4 Å². The lowest BCUT2D eigenvalue weighted by atomic mass is 10.0. The van der Waals surface area contributed by atoms with Crippen LogP contribution < -0.4 is 5.32 Å². The molecular weight excluding hydrogens is 324 g/mol. The number of Topliss-reactive ketones (excluding diaryl/α,β-unsaturated/α-hetero) is 1. The second kappa shape index (κ2) is 9.88. The van der Waals surface area contributed by atoms with Crippen LogP contribution in [0.2, 0.25) is 0 Å². The summed E-state index contributed by atoms with van der Waals surface area (Å²) >= 11 is 0. The predicted molar refractivity (Wildman–Crippen MR) is 105 cm³/mol. The fraction of sp³-hybridized carbons (Fsp3) is 0.364. The van der Waals surface area contributed by atoms with Crippen LogP contribution >= 0.6 is 0 Å². The SMILES string of the molecule is CCc1ccc(C(=O)CCC(=O)NCC(c2ccccc2)N(C)C)cc1. The summed E-state index contributed by atoms with van der Waals surface area (Å²) < 4.78 is 0. The van der Waals surface area contributed by atoms with Crippen molar-refractivity contribution in [1.82, 2.24) is 10.2 Å². The third-order valence-corrected chi connectivity index (χ3v) is 4.56. The number of aryl methyl sites for hydroxylation is 1. The molecule has 0 saturated heterocycles. The predicted octanol–water partition coefficient (Wildman–Crippen LogP) is 3.63. The second-order valence-electron chi connectivity index (χ2n) is 6.67. The van der Waals surface area contributed by atoms with E-state index >= 15 is 0 Å². The lowest BCUT2D eigenvalue weighted by molar-refractivity contribution is -0.121. The Morgan fingerprint density at radius 2 is 1.62 bits per heavy atom. The van der Waals surface area contributed by atoms with Crippen molar-refractivity contribution in [2.45, 2.75) is 32.2 Å². The van der Waals surface area contributed by atoms with Crippen LogP contribution in [0.15, 0.2) is 54.6 Å². The monoisotopic (exact) mass is 352 g/mol. The zero-order valence-corrected chi connectivity index (χ0v) is 15.9. The van der Waals surface area contributed by atoms with Gasteiger partial charge in [0.15, 0.2) is 5.78 Å². The van der Waals surface area contributed by atoms with Crippen molar-refractivity contribution >= 4 is 11.7 Å². The molecule has 4 nitrogen and oxygen atoms in total. The molecule has 138 valence electrons. The maximum atomic E-state index is 12.2. The molecule has 26 heavy (non-hydrogen) atoms. The van der Waals surface area contributed by atoms with Crippen molar-refractivity contribution in [2.75, 3.05) is 20.6 Å². The van der Waals surface area contributed by atoms with Gasteiger partial charge in [-0.15, -0.1) is 0 Å². The number of amides is 1. The first kappa shape index (κ1) is 19.9. The number of carbonyl (C=O) groups is 2. The normalized spacial score (nSPS) is 12.0. The van der Waals surface area contributed by atoms with E-state index in [4.69, 9.17) is 0 Å². The van der Waals surface area contributed by atoms with Crippen molar-refractivity contribution in [3.63, 3.8) is 0 Å². The quantitative estimate of drug-likeness (QED) is 0.701. The van der Waals surface area contributed by atoms with Gasteiger partial charge in [0.25, 0.3) is 0 Å². The van der Waals surface area contributed by atoms with Crippen molar-refractivity contribution in [1.29, 1.82) is 0 Å². The van der Waals surface area contributed by atoms with Gasteiger partial charge >= 0.3 is 0 Å². The van der Waals surface area contributed by atoms with Crippen molar-refractivity contribution < 1.29 is 9.59 Å². The van der Waals surface area contributed by atoms with E-state index in [1.807, 2.05) is 56.6 Å². The maximum Gasteiger partial charge on any atom is 0.220 e. The van der Waals surface area contributed by atoms with Crippen LogP contribution in [0.4, 0.5) is 0 Å². The van der Waals surface area contributed by atoms with Crippen LogP contribution in [0.25, 0.3) is 0 Å². The highest BCUT2D eigenvalue weighted by Gasteiger charge is 2.15. The molecule has 0 aliphatic heterocycles. The van der Waals surface area contributed by atoms with E-state index in [-0.39, 0.29) is 30.6 Å². The van der Waals surface area contributed by atoms with Gasteiger partial charge in [-0.1, -0.05) is 61.5 Å². The fourth-order valence-electron chi connectivity index (χ4n) is 2.87. The molecule has 4 heteroatoms. The maximum absolute atomic E-state index is 12.2. The summed E-state index contributed by atoms with van der Waals surface area (Å²) in [5, 5.41) is 2.95. The molecule has 0 radical (unpaired) electrons. The standard InChI is InChI=1S/C22H28N2O2/c1-4-17-10-12-19(13-11-17)21(25)14-15-22(26)23-16-20(24(2)3)18-8-6-5-7-9-18/h5-13,20H,4,14-16H2,1-3H3,(H,23,26). The third kappa shape index (κ3) is 5.81. The molecule has 2 aromatic carbocycles. The smallest absolute Gasteiger partial charge is 0.220 e. The number of likely N-dealkylation sites (N-methyl/N-ethyl adjacent to an activating group) is 1. The zero-order valence-electron chi connectivity index (χ0n) is 15.9. The molecule has 0 aliphatic rings. The third-order valence-electron chi connectivity index (χ3n) is 4.56. The van der Waals surface area contributed by atoms with Gasteiger partial charge in [-0.25, -0.2) is 0 Å². The van der Waals surface area contributed by atoms with E-state index in [1.54, 1.807) is 0 Å². The van der Waals surface area contributed by atoms with Crippen molar-refractivity contribution in [2.24, 2.45) is 0 Å². The van der Waals surface area contributed by atoms with Gasteiger partial charge in [0.05, 0.1) is 6.04 Å². The Hall–Kier alpha value is -2.46. The van der Waals surface area contributed by atoms with E-state index < -0.39 is 0 Å². The molecule has 0 bridgehead atoms. The number of nitrogens with one attached hydrogen (secondary N) is 1. The molecule has 1 N–H and O–H groups in total. The Morgan fingerprint density at radius 3 is 2.19 bits per heavy atom. The van der Waals surface area contributed by atoms with Gasteiger partial charge in [-0.05, 0) is 31.6 Å². The van der Waals surface area contributed by atoms with Gasteiger partial charge in [-0.2, -0.15) is 0 Å². The van der Waals surface area contributed by atoms with Crippen LogP contribution in [0, 0.1) is 0 Å². The minimum Gasteiger partial charge on any atom is -0.354 e. The first-order valence-electron chi connectivity index (χ1n) is 9.11. The van der Waals surface area contributed by atoms with Gasteiger partial charge < -0.3 is 10.2 Å². The highest BCUT2D eigenvalue weighted by Crippen LogP contribution is 2.16. The molecule has 0 aromatic heterocycles. The van der Waals surface area contributed by atoms with Crippen LogP contribution in [-0.4, -0.2) is 37.2 Å². The summed E-state index contributed by atoms with van der Waals surface area (Å²) in [7, 11) is 3.99. The molecule has 0 fully saturated rings. The molecule has 1 unspecified atom stereocenters. The van der Waals surface area contributed by atoms with Gasteiger partial charge in [0, 0.05) is 24.9 Å². The van der Waals surface area contributed by atoms with Crippen LogP contribution in [0.1, 0.15) is 47.3 Å². The summed E-state index contributed by atoms with van der Waals surface area (Å²) in [5.74, 6) is -0.0821. The lowest BCUT2D eigenvalue weighted by Crippen LogP contribution is -2.34. The molecule has 0 aliphatic carbocycles.